The van der Waals surface area contributed by atoms with Crippen LogP contribution in [0.15, 0.2) is 147 Å². The Labute approximate surface area is 409 Å². The highest BCUT2D eigenvalue weighted by molar-refractivity contribution is 8.03. The number of esters is 1. The van der Waals surface area contributed by atoms with Crippen LogP contribution in [-0.4, -0.2) is 73.1 Å². The highest BCUT2D eigenvalue weighted by Gasteiger charge is 2.46. The van der Waals surface area contributed by atoms with Gasteiger partial charge in [0.25, 0.3) is 0 Å². The topological polar surface area (TPSA) is 178 Å². The van der Waals surface area contributed by atoms with Crippen LogP contribution in [0.2, 0.25) is 0 Å². The standard InChI is InChI=1S/C54H56N2O7S2.O3S/c1-10-55-43-26-18-33-14-12-13-15-41(33)47(43)53(5,6)45(55)28-20-36-30-38(52(3,4)51(59)63-9)31-37(49(36)64-39-22-16-34(17-23-39)50(57)58)21-29-46-54(7,8)48-42-25-24-40(65(60,61)62)32-35(42)19-27-44(48)56(46)11-2;1-4(2)3/h12-29,32,38H,10-11,30-31H2,1-9H3,(H-,57,58,60,61,62);. The van der Waals surface area contributed by atoms with Crippen molar-refractivity contribution in [2.24, 2.45) is 11.3 Å². The molecule has 2 heterocycles. The van der Waals surface area contributed by atoms with Gasteiger partial charge in [0.05, 0.1) is 28.4 Å². The Bertz CT molecular complexity index is 3320. The predicted octanol–water partition coefficient (Wildman–Crippen LogP) is 10.8. The molecule has 1 unspecified atom stereocenters. The number of carboxylic acid groups (broad SMARTS) is 1. The minimum absolute atomic E-state index is 0.130. The van der Waals surface area contributed by atoms with E-state index in [4.69, 9.17) is 17.4 Å². The Balaban J connectivity index is 0.00000169. The van der Waals surface area contributed by atoms with Gasteiger partial charge in [-0.3, -0.25) is 4.79 Å². The number of thioether (sulfide) groups is 1. The predicted molar refractivity (Wildman–Crippen MR) is 270 cm³/mol. The molecule has 2 aliphatic heterocycles. The van der Waals surface area contributed by atoms with Crippen LogP contribution in [0.1, 0.15) is 89.7 Å². The smallest absolute Gasteiger partial charge is 0.425 e. The highest BCUT2D eigenvalue weighted by Crippen LogP contribution is 2.53. The molecule has 1 aliphatic carbocycles. The van der Waals surface area contributed by atoms with Gasteiger partial charge in [-0.1, -0.05) is 74.2 Å². The fraction of sp³-hybridized carbons (Fsp3) is 0.315. The van der Waals surface area contributed by atoms with Crippen molar-refractivity contribution in [3.63, 3.8) is 0 Å². The second kappa shape index (κ2) is 19.3. The number of aromatic carboxylic acids is 1. The molecule has 0 fully saturated rings. The zero-order valence-corrected chi connectivity index (χ0v) is 42.6. The van der Waals surface area contributed by atoms with Crippen LogP contribution in [0.4, 0.5) is 11.4 Å². The van der Waals surface area contributed by atoms with Crippen LogP contribution < -0.4 is 4.90 Å². The lowest BCUT2D eigenvalue weighted by Crippen LogP contribution is -2.36. The molecule has 0 aromatic heterocycles. The molecule has 1 atom stereocenters. The molecule has 0 radical (unpaired) electrons. The van der Waals surface area contributed by atoms with E-state index in [2.05, 4.69) is 112 Å². The summed E-state index contributed by atoms with van der Waals surface area (Å²) < 4.78 is 69.0. The molecule has 5 aromatic carbocycles. The molecular formula is C54H56N2O10S3. The van der Waals surface area contributed by atoms with Crippen LogP contribution in [-0.2, 0) is 41.1 Å². The van der Waals surface area contributed by atoms with E-state index in [1.165, 1.54) is 47.0 Å². The molecule has 0 saturated carbocycles. The number of allylic oxidation sites excluding steroid dienone is 7. The molecule has 12 nitrogen and oxygen atoms in total. The minimum atomic E-state index is -4.63. The van der Waals surface area contributed by atoms with E-state index in [9.17, 15) is 27.7 Å². The highest BCUT2D eigenvalue weighted by atomic mass is 32.2. The summed E-state index contributed by atoms with van der Waals surface area (Å²) in [6, 6.07) is 28.4. The number of carbonyl (C=O) groups excluding carboxylic acids is 1. The average molecular weight is 989 g/mol. The summed E-state index contributed by atoms with van der Waals surface area (Å²) in [5, 5.41) is 13.7. The maximum Gasteiger partial charge on any atom is 0.425 e. The number of benzene rings is 5. The van der Waals surface area contributed by atoms with E-state index in [0.29, 0.717) is 24.8 Å². The summed E-state index contributed by atoms with van der Waals surface area (Å²) in [5.41, 5.74) is 7.38. The van der Waals surface area contributed by atoms with Gasteiger partial charge in [-0.15, -0.1) is 12.6 Å². The van der Waals surface area contributed by atoms with Crippen LogP contribution in [0.5, 0.6) is 0 Å². The molecule has 5 aromatic rings. The number of anilines is 1. The van der Waals surface area contributed by atoms with Crippen LogP contribution in [0, 0.1) is 11.3 Å². The zero-order chi connectivity index (χ0) is 50.4. The monoisotopic (exact) mass is 988 g/mol. The molecule has 69 heavy (non-hydrogen) atoms. The number of methoxy groups -OCH3 is 1. The van der Waals surface area contributed by atoms with E-state index in [-0.39, 0.29) is 27.8 Å². The Hall–Kier alpha value is -6.13. The first kappa shape index (κ1) is 50.7. The van der Waals surface area contributed by atoms with Gasteiger partial charge in [-0.05, 0) is 153 Å². The maximum absolute atomic E-state index is 13.6. The summed E-state index contributed by atoms with van der Waals surface area (Å²) >= 11 is 1.60. The number of fused-ring (bicyclic) bond motifs is 6. The normalized spacial score (nSPS) is 18.8. The summed E-state index contributed by atoms with van der Waals surface area (Å²) in [4.78, 5) is 29.6. The largest absolute Gasteiger partial charge is 0.744 e. The second-order valence-electron chi connectivity index (χ2n) is 19.0. The molecule has 8 rings (SSSR count). The fourth-order valence-electron chi connectivity index (χ4n) is 10.4. The number of likely N-dealkylation sites (N-methyl/N-ethyl adjacent to an activating group) is 1. The lowest BCUT2D eigenvalue weighted by Gasteiger charge is -2.37. The maximum atomic E-state index is 13.6. The quantitative estimate of drug-likeness (QED) is 0.0753. The van der Waals surface area contributed by atoms with Gasteiger partial charge in [0, 0.05) is 50.9 Å². The SMILES string of the molecule is CCN1/C(=C/C=C2\CC(C(C)(C)C(=O)OC)CC(/C=C/C3=[N+](CC)c4ccc5cc(S(=O)(=O)[O-])ccc5c4C3(C)C)=C2Sc2ccc(C(=O)O)cc2)C(C)(C)c2c1ccc1ccccc21.O=S(=O)=O. The summed E-state index contributed by atoms with van der Waals surface area (Å²) in [6.45, 7) is 18.6. The second-order valence-corrected chi connectivity index (χ2v) is 21.9. The van der Waals surface area contributed by atoms with Gasteiger partial charge >= 0.3 is 22.5 Å². The minimum Gasteiger partial charge on any atom is -0.744 e. The van der Waals surface area contributed by atoms with Crippen molar-refractivity contribution >= 4 is 83.1 Å². The fourth-order valence-corrected chi connectivity index (χ4v) is 12.0. The lowest BCUT2D eigenvalue weighted by atomic mass is 9.69. The van der Waals surface area contributed by atoms with Crippen molar-refractivity contribution in [2.75, 3.05) is 25.1 Å². The number of carbonyl (C=O) groups is 2. The van der Waals surface area contributed by atoms with E-state index in [0.717, 1.165) is 49.8 Å². The Kier molecular flexibility index (Phi) is 14.2. The summed E-state index contributed by atoms with van der Waals surface area (Å²) in [6.07, 6.45) is 10.0. The van der Waals surface area contributed by atoms with Crippen molar-refractivity contribution in [1.29, 1.82) is 0 Å². The first-order valence-electron chi connectivity index (χ1n) is 22.6. The third kappa shape index (κ3) is 9.62. The van der Waals surface area contributed by atoms with E-state index in [1.54, 1.807) is 30.0 Å². The summed E-state index contributed by atoms with van der Waals surface area (Å²) in [7, 11) is -6.31. The van der Waals surface area contributed by atoms with Crippen molar-refractivity contribution in [3.8, 4) is 0 Å². The van der Waals surface area contributed by atoms with Gasteiger partial charge in [0.2, 0.25) is 5.69 Å². The molecule has 0 spiro atoms. The van der Waals surface area contributed by atoms with Gasteiger partial charge in [0.15, 0.2) is 5.71 Å². The lowest BCUT2D eigenvalue weighted by molar-refractivity contribution is -0.433. The average Bonchev–Trinajstić information content (AvgIpc) is 3.67. The van der Waals surface area contributed by atoms with Gasteiger partial charge < -0.3 is 19.3 Å². The van der Waals surface area contributed by atoms with Crippen LogP contribution in [0.25, 0.3) is 21.5 Å². The third-order valence-corrected chi connectivity index (χ3v) is 16.0. The molecule has 3 aliphatic rings. The number of rotatable bonds is 11. The van der Waals surface area contributed by atoms with Gasteiger partial charge in [0.1, 0.15) is 16.7 Å². The Morgan fingerprint density at radius 2 is 1.52 bits per heavy atom. The zero-order valence-electron chi connectivity index (χ0n) is 40.1. The van der Waals surface area contributed by atoms with E-state index >= 15 is 0 Å². The third-order valence-electron chi connectivity index (χ3n) is 13.9. The molecule has 1 N–H and O–H groups in total. The van der Waals surface area contributed by atoms with E-state index < -0.39 is 37.5 Å². The number of hydrogen-bond donors (Lipinski definition) is 1. The number of hydrogen-bond acceptors (Lipinski definition) is 11. The van der Waals surface area contributed by atoms with Crippen molar-refractivity contribution < 1.29 is 49.6 Å². The first-order chi connectivity index (χ1) is 32.5. The van der Waals surface area contributed by atoms with Gasteiger partial charge in [-0.2, -0.15) is 4.58 Å². The van der Waals surface area contributed by atoms with Gasteiger partial charge in [-0.25, -0.2) is 13.2 Å². The van der Waals surface area contributed by atoms with Crippen LogP contribution >= 0.6 is 11.8 Å². The Morgan fingerprint density at radius 3 is 2.14 bits per heavy atom. The molecule has 0 saturated heterocycles. The van der Waals surface area contributed by atoms with E-state index in [1.807, 2.05) is 38.1 Å². The molecule has 0 bridgehead atoms. The van der Waals surface area contributed by atoms with Crippen molar-refractivity contribution in [3.05, 3.63) is 154 Å². The molecule has 360 valence electrons. The number of nitrogens with zero attached hydrogens (tertiary/aromatic N) is 2. The van der Waals surface area contributed by atoms with Crippen molar-refractivity contribution in [2.45, 2.75) is 88.9 Å². The Morgan fingerprint density at radius 1 is 0.870 bits per heavy atom. The summed E-state index contributed by atoms with van der Waals surface area (Å²) in [5.74, 6) is -1.40. The molecule has 0 amide bonds. The van der Waals surface area contributed by atoms with Crippen molar-refractivity contribution in [1.82, 2.24) is 0 Å². The number of carboxylic acids is 1. The molecular weight excluding hydrogens is 933 g/mol. The first-order valence-corrected chi connectivity index (χ1v) is 25.9. The molecule has 15 heteroatoms. The number of ether oxygens (including phenoxy) is 1. The van der Waals surface area contributed by atoms with Crippen LogP contribution in [0.3, 0.4) is 0 Å².